The molecule has 0 aliphatic rings. The van der Waals surface area contributed by atoms with Crippen LogP contribution in [0.1, 0.15) is 28.8 Å². The molecule has 1 N–H and O–H groups in total. The van der Waals surface area contributed by atoms with E-state index in [1.165, 1.54) is 6.07 Å². The number of halogens is 1. The molecule has 0 spiro atoms. The van der Waals surface area contributed by atoms with E-state index < -0.39 is 11.8 Å². The van der Waals surface area contributed by atoms with Crippen molar-refractivity contribution in [3.8, 4) is 11.6 Å². The Morgan fingerprint density at radius 2 is 2.10 bits per heavy atom. The minimum atomic E-state index is -1.26. The maximum Gasteiger partial charge on any atom is 0.339 e. The molecular formula is C14H13FN2O3. The highest BCUT2D eigenvalue weighted by molar-refractivity contribution is 5.90. The Balaban J connectivity index is 2.39. The smallest absolute Gasteiger partial charge is 0.339 e. The molecule has 0 aliphatic carbocycles. The van der Waals surface area contributed by atoms with Gasteiger partial charge in [0.2, 0.25) is 5.88 Å². The summed E-state index contributed by atoms with van der Waals surface area (Å²) in [5.41, 5.74) is 0.533. The fourth-order valence-electron chi connectivity index (χ4n) is 1.70. The second kappa shape index (κ2) is 5.64. The lowest BCUT2D eigenvalue weighted by atomic mass is 10.2. The van der Waals surface area contributed by atoms with Gasteiger partial charge in [0.05, 0.1) is 0 Å². The van der Waals surface area contributed by atoms with E-state index in [-0.39, 0.29) is 17.2 Å². The number of aromatic nitrogens is 2. The van der Waals surface area contributed by atoms with Crippen molar-refractivity contribution in [3.05, 3.63) is 47.2 Å². The van der Waals surface area contributed by atoms with Gasteiger partial charge in [0.15, 0.2) is 0 Å². The Bertz CT molecular complexity index is 659. The number of nitrogens with zero attached hydrogens (tertiary/aromatic N) is 2. The Labute approximate surface area is 115 Å². The summed E-state index contributed by atoms with van der Waals surface area (Å²) in [7, 11) is 0. The molecular weight excluding hydrogens is 263 g/mol. The molecule has 1 aromatic heterocycles. The Morgan fingerprint density at radius 3 is 2.75 bits per heavy atom. The number of rotatable bonds is 4. The van der Waals surface area contributed by atoms with Gasteiger partial charge >= 0.3 is 5.97 Å². The summed E-state index contributed by atoms with van der Waals surface area (Å²) in [6.07, 6.45) is 0.703. The molecule has 0 amide bonds. The summed E-state index contributed by atoms with van der Waals surface area (Å²) in [4.78, 5) is 19.4. The van der Waals surface area contributed by atoms with E-state index in [1.807, 2.05) is 6.92 Å². The van der Waals surface area contributed by atoms with E-state index in [0.29, 0.717) is 12.2 Å². The van der Waals surface area contributed by atoms with Gasteiger partial charge in [0.25, 0.3) is 0 Å². The van der Waals surface area contributed by atoms with Crippen LogP contribution in [0.3, 0.4) is 0 Å². The third-order valence-corrected chi connectivity index (χ3v) is 2.62. The van der Waals surface area contributed by atoms with Gasteiger partial charge in [-0.1, -0.05) is 6.92 Å². The summed E-state index contributed by atoms with van der Waals surface area (Å²) >= 11 is 0. The van der Waals surface area contributed by atoms with Gasteiger partial charge in [-0.3, -0.25) is 0 Å². The van der Waals surface area contributed by atoms with E-state index >= 15 is 0 Å². The molecule has 6 heteroatoms. The first kappa shape index (κ1) is 13.9. The standard InChI is InChI=1S/C14H13FN2O3/c1-3-10-7-13(17-8(2)16-10)20-12-5-4-9(15)6-11(12)14(18)19/h4-7H,3H2,1-2H3,(H,18,19). The third-order valence-electron chi connectivity index (χ3n) is 2.62. The van der Waals surface area contributed by atoms with Crippen LogP contribution < -0.4 is 4.74 Å². The molecule has 0 unspecified atom stereocenters. The number of hydrogen-bond acceptors (Lipinski definition) is 4. The number of carboxylic acids is 1. The summed E-state index contributed by atoms with van der Waals surface area (Å²) in [5.74, 6) is -1.09. The fourth-order valence-corrected chi connectivity index (χ4v) is 1.70. The zero-order valence-electron chi connectivity index (χ0n) is 11.1. The van der Waals surface area contributed by atoms with Gasteiger partial charge in [0.1, 0.15) is 23.0 Å². The van der Waals surface area contributed by atoms with Gasteiger partial charge in [-0.05, 0) is 31.5 Å². The number of carbonyl (C=O) groups is 1. The monoisotopic (exact) mass is 276 g/mol. The van der Waals surface area contributed by atoms with Crippen LogP contribution in [0.5, 0.6) is 11.6 Å². The van der Waals surface area contributed by atoms with Crippen LogP contribution >= 0.6 is 0 Å². The number of hydrogen-bond donors (Lipinski definition) is 1. The minimum absolute atomic E-state index is 0.0408. The molecule has 2 rings (SSSR count). The van der Waals surface area contributed by atoms with Crippen molar-refractivity contribution in [3.63, 3.8) is 0 Å². The quantitative estimate of drug-likeness (QED) is 0.929. The highest BCUT2D eigenvalue weighted by Crippen LogP contribution is 2.25. The molecule has 1 heterocycles. The summed E-state index contributed by atoms with van der Waals surface area (Å²) in [6.45, 7) is 3.65. The summed E-state index contributed by atoms with van der Waals surface area (Å²) in [5, 5.41) is 9.04. The molecule has 0 bridgehead atoms. The van der Waals surface area contributed by atoms with Crippen LogP contribution in [0, 0.1) is 12.7 Å². The molecule has 104 valence electrons. The highest BCUT2D eigenvalue weighted by atomic mass is 19.1. The molecule has 0 aliphatic heterocycles. The Morgan fingerprint density at radius 1 is 1.35 bits per heavy atom. The highest BCUT2D eigenvalue weighted by Gasteiger charge is 2.14. The van der Waals surface area contributed by atoms with E-state index in [2.05, 4.69) is 9.97 Å². The van der Waals surface area contributed by atoms with E-state index in [1.54, 1.807) is 13.0 Å². The van der Waals surface area contributed by atoms with E-state index in [9.17, 15) is 9.18 Å². The molecule has 0 atom stereocenters. The van der Waals surface area contributed by atoms with Crippen molar-refractivity contribution in [2.24, 2.45) is 0 Å². The zero-order chi connectivity index (χ0) is 14.7. The predicted octanol–water partition coefficient (Wildman–Crippen LogP) is 2.98. The van der Waals surface area contributed by atoms with Crippen molar-refractivity contribution in [2.75, 3.05) is 0 Å². The van der Waals surface area contributed by atoms with Crippen LogP contribution in [0.2, 0.25) is 0 Å². The predicted molar refractivity (Wildman–Crippen MR) is 69.6 cm³/mol. The lowest BCUT2D eigenvalue weighted by Crippen LogP contribution is -2.03. The van der Waals surface area contributed by atoms with Crippen LogP contribution in [-0.2, 0) is 6.42 Å². The van der Waals surface area contributed by atoms with Crippen molar-refractivity contribution < 1.29 is 19.0 Å². The SMILES string of the molecule is CCc1cc(Oc2ccc(F)cc2C(=O)O)nc(C)n1. The Kier molecular flexibility index (Phi) is 3.93. The number of aryl methyl sites for hydroxylation is 2. The first-order valence-electron chi connectivity index (χ1n) is 6.05. The molecule has 5 nitrogen and oxygen atoms in total. The maximum atomic E-state index is 13.1. The van der Waals surface area contributed by atoms with Crippen LogP contribution in [-0.4, -0.2) is 21.0 Å². The molecule has 1 aromatic carbocycles. The average molecular weight is 276 g/mol. The van der Waals surface area contributed by atoms with Gasteiger partial charge in [-0.25, -0.2) is 14.2 Å². The molecule has 0 fully saturated rings. The van der Waals surface area contributed by atoms with Gasteiger partial charge in [-0.15, -0.1) is 0 Å². The van der Waals surface area contributed by atoms with Crippen molar-refractivity contribution in [1.82, 2.24) is 9.97 Å². The third kappa shape index (κ3) is 3.09. The first-order valence-corrected chi connectivity index (χ1v) is 6.05. The lowest BCUT2D eigenvalue weighted by Gasteiger charge is -2.09. The van der Waals surface area contributed by atoms with Crippen molar-refractivity contribution in [2.45, 2.75) is 20.3 Å². The minimum Gasteiger partial charge on any atom is -0.478 e. The van der Waals surface area contributed by atoms with E-state index in [4.69, 9.17) is 9.84 Å². The van der Waals surface area contributed by atoms with E-state index in [0.717, 1.165) is 17.8 Å². The fraction of sp³-hybridized carbons (Fsp3) is 0.214. The van der Waals surface area contributed by atoms with Crippen LogP contribution in [0.25, 0.3) is 0 Å². The Hall–Kier alpha value is -2.50. The first-order chi connectivity index (χ1) is 9.49. The van der Waals surface area contributed by atoms with Crippen molar-refractivity contribution in [1.29, 1.82) is 0 Å². The average Bonchev–Trinajstić information content (AvgIpc) is 2.40. The normalized spacial score (nSPS) is 10.3. The van der Waals surface area contributed by atoms with Crippen LogP contribution in [0.4, 0.5) is 4.39 Å². The van der Waals surface area contributed by atoms with Crippen LogP contribution in [0.15, 0.2) is 24.3 Å². The number of carboxylic acid groups (broad SMARTS) is 1. The molecule has 0 radical (unpaired) electrons. The number of aromatic carboxylic acids is 1. The zero-order valence-corrected chi connectivity index (χ0v) is 11.1. The topological polar surface area (TPSA) is 72.3 Å². The van der Waals surface area contributed by atoms with Crippen molar-refractivity contribution >= 4 is 5.97 Å². The number of benzene rings is 1. The van der Waals surface area contributed by atoms with Gasteiger partial charge in [0, 0.05) is 11.8 Å². The van der Waals surface area contributed by atoms with Gasteiger partial charge in [-0.2, -0.15) is 4.98 Å². The maximum absolute atomic E-state index is 13.1. The lowest BCUT2D eigenvalue weighted by molar-refractivity contribution is 0.0693. The second-order valence-electron chi connectivity index (χ2n) is 4.15. The second-order valence-corrected chi connectivity index (χ2v) is 4.15. The summed E-state index contributed by atoms with van der Waals surface area (Å²) in [6, 6.07) is 4.94. The molecule has 0 saturated carbocycles. The largest absolute Gasteiger partial charge is 0.478 e. The van der Waals surface area contributed by atoms with Gasteiger partial charge < -0.3 is 9.84 Å². The molecule has 0 saturated heterocycles. The number of ether oxygens (including phenoxy) is 1. The molecule has 2 aromatic rings. The summed E-state index contributed by atoms with van der Waals surface area (Å²) < 4.78 is 18.5. The molecule has 20 heavy (non-hydrogen) atoms.